The van der Waals surface area contributed by atoms with Crippen molar-refractivity contribution in [2.24, 2.45) is 0 Å². The molecule has 4 aromatic rings. The Bertz CT molecular complexity index is 1460. The van der Waals surface area contributed by atoms with E-state index < -0.39 is 29.2 Å². The predicted octanol–water partition coefficient (Wildman–Crippen LogP) is 4.60. The van der Waals surface area contributed by atoms with Crippen LogP contribution in [0, 0.1) is 6.92 Å². The summed E-state index contributed by atoms with van der Waals surface area (Å²) < 4.78 is 47.1. The number of amides is 2. The fraction of sp³-hybridized carbons (Fsp3) is 0.167. The van der Waals surface area contributed by atoms with E-state index in [9.17, 15) is 27.6 Å². The minimum atomic E-state index is -4.80. The molecule has 0 aliphatic rings. The number of aryl methyl sites for hydroxylation is 2. The largest absolute Gasteiger partial charge is 0.459 e. The van der Waals surface area contributed by atoms with Crippen LogP contribution in [-0.2, 0) is 17.5 Å². The number of carbonyl (C=O) groups excluding carboxylic acids is 2. The Kier molecular flexibility index (Phi) is 6.41. The van der Waals surface area contributed by atoms with Crippen molar-refractivity contribution in [3.05, 3.63) is 88.4 Å². The Morgan fingerprint density at radius 1 is 1.09 bits per heavy atom. The SMILES string of the molecule is Cc1cccc2c(=O)n(CCC(=O)Nc3ccc(NC(=O)c4ccco4)cc3C(F)(F)F)cnc12. The smallest absolute Gasteiger partial charge is 0.418 e. The first kappa shape index (κ1) is 23.7. The molecule has 0 aliphatic carbocycles. The summed E-state index contributed by atoms with van der Waals surface area (Å²) in [5, 5.41) is 4.94. The van der Waals surface area contributed by atoms with Gasteiger partial charge in [0.1, 0.15) is 0 Å². The molecule has 2 amide bonds. The fourth-order valence-electron chi connectivity index (χ4n) is 3.50. The van der Waals surface area contributed by atoms with E-state index in [1.54, 1.807) is 12.1 Å². The van der Waals surface area contributed by atoms with Crippen LogP contribution in [0.15, 0.2) is 70.3 Å². The molecular formula is C24H19F3N4O4. The van der Waals surface area contributed by atoms with Gasteiger partial charge in [0.05, 0.1) is 34.7 Å². The molecule has 0 saturated carbocycles. The van der Waals surface area contributed by atoms with E-state index in [0.717, 1.165) is 17.7 Å². The number of fused-ring (bicyclic) bond motifs is 1. The van der Waals surface area contributed by atoms with E-state index in [1.165, 1.54) is 35.4 Å². The Labute approximate surface area is 196 Å². The average Bonchev–Trinajstić information content (AvgIpc) is 3.35. The number of hydrogen-bond acceptors (Lipinski definition) is 5. The van der Waals surface area contributed by atoms with Gasteiger partial charge in [-0.3, -0.25) is 19.0 Å². The standard InChI is InChI=1S/C24H19F3N4O4/c1-14-4-2-5-16-21(14)28-13-31(23(16)34)10-9-20(32)30-18-8-7-15(12-17(18)24(25,26)27)29-22(33)19-6-3-11-35-19/h2-8,11-13H,9-10H2,1H3,(H,29,33)(H,30,32). The Morgan fingerprint density at radius 2 is 1.89 bits per heavy atom. The Hall–Kier alpha value is -4.41. The lowest BCUT2D eigenvalue weighted by atomic mass is 10.1. The minimum absolute atomic E-state index is 0.0653. The molecule has 0 bridgehead atoms. The van der Waals surface area contributed by atoms with Crippen LogP contribution in [0.1, 0.15) is 28.1 Å². The summed E-state index contributed by atoms with van der Waals surface area (Å²) in [6.45, 7) is 1.75. The van der Waals surface area contributed by atoms with Gasteiger partial charge in [-0.1, -0.05) is 12.1 Å². The van der Waals surface area contributed by atoms with E-state index in [2.05, 4.69) is 15.6 Å². The number of aromatic nitrogens is 2. The molecule has 0 fully saturated rings. The molecule has 0 unspecified atom stereocenters. The zero-order valence-electron chi connectivity index (χ0n) is 18.3. The van der Waals surface area contributed by atoms with Crippen molar-refractivity contribution in [3.63, 3.8) is 0 Å². The number of nitrogens with one attached hydrogen (secondary N) is 2. The molecule has 0 saturated heterocycles. The number of anilines is 2. The van der Waals surface area contributed by atoms with Crippen LogP contribution < -0.4 is 16.2 Å². The number of carbonyl (C=O) groups is 2. The van der Waals surface area contributed by atoms with Crippen molar-refractivity contribution in [2.75, 3.05) is 10.6 Å². The van der Waals surface area contributed by atoms with Crippen LogP contribution in [0.25, 0.3) is 10.9 Å². The molecule has 0 atom stereocenters. The van der Waals surface area contributed by atoms with Crippen LogP contribution in [0.5, 0.6) is 0 Å². The van der Waals surface area contributed by atoms with Crippen LogP contribution in [0.4, 0.5) is 24.5 Å². The molecule has 8 nitrogen and oxygen atoms in total. The number of nitrogens with zero attached hydrogens (tertiary/aromatic N) is 2. The normalized spacial score (nSPS) is 11.4. The molecule has 0 radical (unpaired) electrons. The Morgan fingerprint density at radius 3 is 2.60 bits per heavy atom. The van der Waals surface area contributed by atoms with E-state index in [4.69, 9.17) is 4.42 Å². The van der Waals surface area contributed by atoms with Gasteiger partial charge in [-0.05, 0) is 48.9 Å². The highest BCUT2D eigenvalue weighted by molar-refractivity contribution is 6.02. The van der Waals surface area contributed by atoms with Crippen molar-refractivity contribution in [1.82, 2.24) is 9.55 Å². The van der Waals surface area contributed by atoms with Gasteiger partial charge < -0.3 is 15.1 Å². The first-order valence-corrected chi connectivity index (χ1v) is 10.4. The quantitative estimate of drug-likeness (QED) is 0.416. The summed E-state index contributed by atoms with van der Waals surface area (Å²) in [5.41, 5.74) is -0.707. The second-order valence-electron chi connectivity index (χ2n) is 7.70. The van der Waals surface area contributed by atoms with Crippen molar-refractivity contribution in [2.45, 2.75) is 26.1 Å². The fourth-order valence-corrected chi connectivity index (χ4v) is 3.50. The van der Waals surface area contributed by atoms with Gasteiger partial charge in [0.15, 0.2) is 5.76 Å². The first-order valence-electron chi connectivity index (χ1n) is 10.4. The number of hydrogen-bond donors (Lipinski definition) is 2. The topological polar surface area (TPSA) is 106 Å². The lowest BCUT2D eigenvalue weighted by Crippen LogP contribution is -2.24. The number of halogens is 3. The highest BCUT2D eigenvalue weighted by Crippen LogP contribution is 2.36. The molecule has 2 aromatic heterocycles. The molecule has 2 aromatic carbocycles. The first-order chi connectivity index (χ1) is 16.6. The third-order valence-corrected chi connectivity index (χ3v) is 5.24. The monoisotopic (exact) mass is 484 g/mol. The van der Waals surface area contributed by atoms with Crippen LogP contribution >= 0.6 is 0 Å². The minimum Gasteiger partial charge on any atom is -0.459 e. The van der Waals surface area contributed by atoms with E-state index in [-0.39, 0.29) is 30.0 Å². The molecule has 35 heavy (non-hydrogen) atoms. The van der Waals surface area contributed by atoms with Crippen molar-refractivity contribution >= 4 is 34.1 Å². The molecule has 11 heteroatoms. The molecule has 4 rings (SSSR count). The molecule has 0 aliphatic heterocycles. The summed E-state index contributed by atoms with van der Waals surface area (Å²) >= 11 is 0. The van der Waals surface area contributed by atoms with Gasteiger partial charge in [0, 0.05) is 18.7 Å². The van der Waals surface area contributed by atoms with Crippen molar-refractivity contribution in [1.29, 1.82) is 0 Å². The van der Waals surface area contributed by atoms with Gasteiger partial charge in [-0.2, -0.15) is 13.2 Å². The molecule has 2 heterocycles. The highest BCUT2D eigenvalue weighted by atomic mass is 19.4. The van der Waals surface area contributed by atoms with Gasteiger partial charge in [-0.15, -0.1) is 0 Å². The average molecular weight is 484 g/mol. The lowest BCUT2D eigenvalue weighted by Gasteiger charge is -2.16. The summed E-state index contributed by atoms with van der Waals surface area (Å²) in [7, 11) is 0. The summed E-state index contributed by atoms with van der Waals surface area (Å²) in [4.78, 5) is 41.4. The number of rotatable bonds is 6. The van der Waals surface area contributed by atoms with Crippen LogP contribution in [-0.4, -0.2) is 21.4 Å². The zero-order chi connectivity index (χ0) is 25.2. The predicted molar refractivity (Wildman–Crippen MR) is 122 cm³/mol. The van der Waals surface area contributed by atoms with Crippen LogP contribution in [0.3, 0.4) is 0 Å². The van der Waals surface area contributed by atoms with Gasteiger partial charge in [0.2, 0.25) is 5.91 Å². The van der Waals surface area contributed by atoms with Crippen LogP contribution in [0.2, 0.25) is 0 Å². The molecular weight excluding hydrogens is 465 g/mol. The van der Waals surface area contributed by atoms with E-state index in [0.29, 0.717) is 10.9 Å². The summed E-state index contributed by atoms with van der Waals surface area (Å²) in [5.74, 6) is -1.51. The Balaban J connectivity index is 1.48. The van der Waals surface area contributed by atoms with E-state index in [1.807, 2.05) is 13.0 Å². The number of furan rings is 1. The lowest BCUT2D eigenvalue weighted by molar-refractivity contribution is -0.136. The van der Waals surface area contributed by atoms with Crippen molar-refractivity contribution < 1.29 is 27.2 Å². The third kappa shape index (κ3) is 5.24. The van der Waals surface area contributed by atoms with Crippen molar-refractivity contribution in [3.8, 4) is 0 Å². The summed E-state index contributed by atoms with van der Waals surface area (Å²) in [6, 6.07) is 11.0. The number of alkyl halides is 3. The third-order valence-electron chi connectivity index (χ3n) is 5.24. The van der Waals surface area contributed by atoms with E-state index >= 15 is 0 Å². The van der Waals surface area contributed by atoms with Gasteiger partial charge in [-0.25, -0.2) is 4.98 Å². The van der Waals surface area contributed by atoms with Gasteiger partial charge >= 0.3 is 6.18 Å². The maximum absolute atomic E-state index is 13.6. The second kappa shape index (κ2) is 9.45. The summed E-state index contributed by atoms with van der Waals surface area (Å²) in [6.07, 6.45) is -2.49. The number of benzene rings is 2. The van der Waals surface area contributed by atoms with Gasteiger partial charge in [0.25, 0.3) is 11.5 Å². The highest BCUT2D eigenvalue weighted by Gasteiger charge is 2.34. The second-order valence-corrected chi connectivity index (χ2v) is 7.70. The molecule has 0 spiro atoms. The number of para-hydroxylation sites is 1. The zero-order valence-corrected chi connectivity index (χ0v) is 18.3. The molecule has 2 N–H and O–H groups in total. The molecule has 180 valence electrons. The maximum Gasteiger partial charge on any atom is 0.418 e. The maximum atomic E-state index is 13.6.